The van der Waals surface area contributed by atoms with E-state index >= 15 is 0 Å². The molecule has 1 heterocycles. The first-order valence-corrected chi connectivity index (χ1v) is 7.01. The number of carbonyl (C=O) groups excluding carboxylic acids is 1. The normalized spacial score (nSPS) is 18.6. The Hall–Kier alpha value is -0.830. The molecule has 1 aromatic rings. The van der Waals surface area contributed by atoms with Gasteiger partial charge < -0.3 is 0 Å². The fourth-order valence-corrected chi connectivity index (χ4v) is 3.42. The number of carbonyl (C=O) groups is 1. The van der Waals surface area contributed by atoms with Crippen molar-refractivity contribution in [2.45, 2.75) is 6.92 Å². The Labute approximate surface area is 107 Å². The fourth-order valence-electron chi connectivity index (χ4n) is 1.56. The van der Waals surface area contributed by atoms with Crippen LogP contribution in [0.2, 0.25) is 0 Å². The van der Waals surface area contributed by atoms with Crippen LogP contribution in [-0.2, 0) is 15.0 Å². The van der Waals surface area contributed by atoms with Gasteiger partial charge >= 0.3 is 10.2 Å². The lowest BCUT2D eigenvalue weighted by Gasteiger charge is -2.17. The van der Waals surface area contributed by atoms with Gasteiger partial charge in [0.25, 0.3) is 5.91 Å². The molecule has 86 valence electrons. The molecule has 0 aliphatic carbocycles. The van der Waals surface area contributed by atoms with Gasteiger partial charge in [-0.2, -0.15) is 8.42 Å². The molecule has 16 heavy (non-hydrogen) atoms. The van der Waals surface area contributed by atoms with Crippen LogP contribution >= 0.6 is 22.6 Å². The van der Waals surface area contributed by atoms with Crippen LogP contribution in [0.3, 0.4) is 0 Å². The lowest BCUT2D eigenvalue weighted by Crippen LogP contribution is -2.30. The maximum absolute atomic E-state index is 11.6. The van der Waals surface area contributed by atoms with Crippen molar-refractivity contribution >= 4 is 44.4 Å². The zero-order valence-electron chi connectivity index (χ0n) is 8.40. The first kappa shape index (κ1) is 11.6. The molecular weight excluding hydrogens is 343 g/mol. The minimum atomic E-state index is -3.69. The monoisotopic (exact) mass is 352 g/mol. The highest BCUT2D eigenvalue weighted by Gasteiger charge is 2.34. The second-order valence-electron chi connectivity index (χ2n) is 3.47. The number of nitrogens with one attached hydrogen (secondary N) is 1. The summed E-state index contributed by atoms with van der Waals surface area (Å²) in [6, 6.07) is 5.38. The van der Waals surface area contributed by atoms with Crippen LogP contribution in [0.1, 0.15) is 5.56 Å². The Kier molecular flexibility index (Phi) is 2.82. The van der Waals surface area contributed by atoms with Crippen molar-refractivity contribution in [3.63, 3.8) is 0 Å². The predicted molar refractivity (Wildman–Crippen MR) is 68.3 cm³/mol. The number of aryl methyl sites for hydroxylation is 1. The summed E-state index contributed by atoms with van der Waals surface area (Å²) in [7, 11) is -3.69. The van der Waals surface area contributed by atoms with Crippen molar-refractivity contribution in [1.29, 1.82) is 0 Å². The molecule has 2 rings (SSSR count). The van der Waals surface area contributed by atoms with E-state index in [4.69, 9.17) is 0 Å². The molecule has 1 N–H and O–H groups in total. The number of amides is 1. The quantitative estimate of drug-likeness (QED) is 0.760. The van der Waals surface area contributed by atoms with Crippen LogP contribution in [0.5, 0.6) is 0 Å². The molecule has 1 saturated heterocycles. The van der Waals surface area contributed by atoms with Crippen LogP contribution in [0.4, 0.5) is 5.69 Å². The Morgan fingerprint density at radius 2 is 2.12 bits per heavy atom. The van der Waals surface area contributed by atoms with Crippen LogP contribution < -0.4 is 9.03 Å². The van der Waals surface area contributed by atoms with Crippen LogP contribution in [0.25, 0.3) is 0 Å². The molecule has 0 radical (unpaired) electrons. The van der Waals surface area contributed by atoms with Gasteiger partial charge in [-0.1, -0.05) is 0 Å². The molecule has 0 bridgehead atoms. The molecule has 1 aliphatic rings. The van der Waals surface area contributed by atoms with Crippen molar-refractivity contribution in [3.8, 4) is 0 Å². The Bertz CT molecular complexity index is 556. The molecule has 5 nitrogen and oxygen atoms in total. The SMILES string of the molecule is Cc1cc(I)ccc1N1CC(=O)NS1(=O)=O. The largest absolute Gasteiger partial charge is 0.326 e. The second-order valence-corrected chi connectivity index (χ2v) is 6.31. The molecule has 7 heteroatoms. The smallest absolute Gasteiger partial charge is 0.272 e. The Balaban J connectivity index is 2.49. The molecule has 1 aromatic carbocycles. The van der Waals surface area contributed by atoms with E-state index in [1.54, 1.807) is 12.1 Å². The zero-order valence-corrected chi connectivity index (χ0v) is 11.4. The summed E-state index contributed by atoms with van der Waals surface area (Å²) < 4.78 is 27.3. The molecule has 0 spiro atoms. The van der Waals surface area contributed by atoms with E-state index in [1.807, 2.05) is 17.7 Å². The molecule has 0 saturated carbocycles. The van der Waals surface area contributed by atoms with Gasteiger partial charge in [0.2, 0.25) is 0 Å². The summed E-state index contributed by atoms with van der Waals surface area (Å²) >= 11 is 2.15. The van der Waals surface area contributed by atoms with E-state index in [-0.39, 0.29) is 6.54 Å². The summed E-state index contributed by atoms with van der Waals surface area (Å²) in [5, 5.41) is 0. The lowest BCUT2D eigenvalue weighted by atomic mass is 10.2. The van der Waals surface area contributed by atoms with E-state index in [1.165, 1.54) is 0 Å². The number of anilines is 1. The van der Waals surface area contributed by atoms with Gasteiger partial charge in [-0.25, -0.2) is 9.03 Å². The maximum Gasteiger partial charge on any atom is 0.326 e. The summed E-state index contributed by atoms with van der Waals surface area (Å²) in [6.45, 7) is 1.67. The third-order valence-corrected chi connectivity index (χ3v) is 4.31. The fraction of sp³-hybridized carbons (Fsp3) is 0.222. The predicted octanol–water partition coefficient (Wildman–Crippen LogP) is 0.781. The third kappa shape index (κ3) is 2.01. The molecule has 1 amide bonds. The Morgan fingerprint density at radius 3 is 2.62 bits per heavy atom. The van der Waals surface area contributed by atoms with Crippen molar-refractivity contribution < 1.29 is 13.2 Å². The van der Waals surface area contributed by atoms with Gasteiger partial charge in [0.15, 0.2) is 0 Å². The average Bonchev–Trinajstić information content (AvgIpc) is 2.39. The lowest BCUT2D eigenvalue weighted by molar-refractivity contribution is -0.117. The zero-order chi connectivity index (χ0) is 11.9. The number of nitrogens with zero attached hydrogens (tertiary/aromatic N) is 1. The topological polar surface area (TPSA) is 66.5 Å². The summed E-state index contributed by atoms with van der Waals surface area (Å²) in [5.74, 6) is -0.502. The van der Waals surface area contributed by atoms with Gasteiger partial charge in [0, 0.05) is 3.57 Å². The van der Waals surface area contributed by atoms with Crippen molar-refractivity contribution in [2.24, 2.45) is 0 Å². The average molecular weight is 352 g/mol. The van der Waals surface area contributed by atoms with Crippen LogP contribution in [0, 0.1) is 10.5 Å². The minimum Gasteiger partial charge on any atom is -0.272 e. The number of hydrogen-bond donors (Lipinski definition) is 1. The number of hydrogen-bond acceptors (Lipinski definition) is 3. The number of rotatable bonds is 1. The van der Waals surface area contributed by atoms with Crippen molar-refractivity contribution in [2.75, 3.05) is 10.8 Å². The van der Waals surface area contributed by atoms with Gasteiger partial charge in [0.05, 0.1) is 5.69 Å². The highest BCUT2D eigenvalue weighted by atomic mass is 127. The minimum absolute atomic E-state index is 0.149. The molecule has 0 aromatic heterocycles. The van der Waals surface area contributed by atoms with Crippen LogP contribution in [0.15, 0.2) is 18.2 Å². The molecule has 1 fully saturated rings. The van der Waals surface area contributed by atoms with Gasteiger partial charge in [-0.15, -0.1) is 0 Å². The standard InChI is InChI=1S/C9H9IN2O3S/c1-6-4-7(10)2-3-8(6)12-5-9(13)11-16(12,14)15/h2-4H,5H2,1H3,(H,11,13). The first-order valence-electron chi connectivity index (χ1n) is 4.49. The summed E-state index contributed by atoms with van der Waals surface area (Å²) in [5.41, 5.74) is 1.37. The highest BCUT2D eigenvalue weighted by Crippen LogP contribution is 2.25. The summed E-state index contributed by atoms with van der Waals surface area (Å²) in [4.78, 5) is 11.1. The molecule has 0 atom stereocenters. The van der Waals surface area contributed by atoms with Gasteiger partial charge in [-0.3, -0.25) is 4.79 Å². The van der Waals surface area contributed by atoms with Crippen molar-refractivity contribution in [1.82, 2.24) is 4.72 Å². The van der Waals surface area contributed by atoms with Gasteiger partial charge in [-0.05, 0) is 53.3 Å². The molecule has 1 aliphatic heterocycles. The maximum atomic E-state index is 11.6. The second kappa shape index (κ2) is 3.88. The first-order chi connectivity index (χ1) is 7.40. The van der Waals surface area contributed by atoms with E-state index in [2.05, 4.69) is 22.6 Å². The van der Waals surface area contributed by atoms with Crippen LogP contribution in [-0.4, -0.2) is 20.9 Å². The molecular formula is C9H9IN2O3S. The van der Waals surface area contributed by atoms with Gasteiger partial charge in [0.1, 0.15) is 6.54 Å². The molecule has 0 unspecified atom stereocenters. The van der Waals surface area contributed by atoms with Crippen molar-refractivity contribution in [3.05, 3.63) is 27.3 Å². The third-order valence-electron chi connectivity index (χ3n) is 2.25. The number of halogens is 1. The van der Waals surface area contributed by atoms with E-state index in [0.29, 0.717) is 5.69 Å². The highest BCUT2D eigenvalue weighted by molar-refractivity contribution is 14.1. The summed E-state index contributed by atoms with van der Waals surface area (Å²) in [6.07, 6.45) is 0. The van der Waals surface area contributed by atoms with E-state index in [0.717, 1.165) is 13.4 Å². The number of benzene rings is 1. The van der Waals surface area contributed by atoms with E-state index < -0.39 is 16.1 Å². The van der Waals surface area contributed by atoms with E-state index in [9.17, 15) is 13.2 Å². The Morgan fingerprint density at radius 1 is 1.44 bits per heavy atom.